The average Bonchev–Trinajstić information content (AvgIpc) is 3.07. The van der Waals surface area contributed by atoms with Crippen LogP contribution in [0.1, 0.15) is 103 Å². The van der Waals surface area contributed by atoms with E-state index >= 15 is 0 Å². The van der Waals surface area contributed by atoms with Crippen LogP contribution in [0.15, 0.2) is 47.6 Å². The molecule has 2 amide bonds. The Balaban J connectivity index is 1.41. The van der Waals surface area contributed by atoms with Gasteiger partial charge in [-0.2, -0.15) is 5.10 Å². The summed E-state index contributed by atoms with van der Waals surface area (Å²) < 4.78 is 16.6. The second kappa shape index (κ2) is 14.9. The van der Waals surface area contributed by atoms with E-state index in [9.17, 15) is 14.4 Å². The first-order valence-corrected chi connectivity index (χ1v) is 17.7. The molecule has 1 aliphatic carbocycles. The van der Waals surface area contributed by atoms with Gasteiger partial charge in [-0.1, -0.05) is 57.9 Å². The zero-order valence-electron chi connectivity index (χ0n) is 30.5. The van der Waals surface area contributed by atoms with E-state index in [1.54, 1.807) is 40.0 Å². The van der Waals surface area contributed by atoms with Gasteiger partial charge < -0.3 is 24.3 Å². The molecule has 1 N–H and O–H groups in total. The maximum Gasteiger partial charge on any atom is 0.408 e. The fourth-order valence-electron chi connectivity index (χ4n) is 7.56. The normalized spacial score (nSPS) is 22.0. The highest BCUT2D eigenvalue weighted by atomic mass is 16.6. The first-order chi connectivity index (χ1) is 23.2. The van der Waals surface area contributed by atoms with Crippen molar-refractivity contribution >= 4 is 24.0 Å². The lowest BCUT2D eigenvalue weighted by molar-refractivity contribution is -0.142. The number of alkyl carbamates (subject to hydrolysis) is 1. The van der Waals surface area contributed by atoms with Gasteiger partial charge in [-0.05, 0) is 81.2 Å². The third-order valence-electron chi connectivity index (χ3n) is 10.1. The van der Waals surface area contributed by atoms with E-state index in [0.717, 1.165) is 48.8 Å². The molecule has 2 aromatic rings. The number of nitrogens with zero attached hydrogens (tertiary/aromatic N) is 3. The van der Waals surface area contributed by atoms with E-state index in [0.29, 0.717) is 37.4 Å². The minimum Gasteiger partial charge on any atom is -0.493 e. The standard InChI is InChI=1S/C39H54N4O6/c1-38(2,3)27-16-13-25(14-17-27)35(31(24-44)40-37(46)49-39(4,5)6)42-21-19-28(20-22-42)43-36(45)30-12-10-9-11-29(30)34(41-43)26-15-18-32(47-7)33(23-26)48-8/h13-18,23-24,28-31,35H,9-12,19-22H2,1-8H3,(H,40,46)/t29-,30+,31-,35?/m0/s1. The number of rotatable bonds is 9. The van der Waals surface area contributed by atoms with Crippen LogP contribution >= 0.6 is 0 Å². The average molecular weight is 675 g/mol. The third kappa shape index (κ3) is 8.28. The van der Waals surface area contributed by atoms with E-state index in [2.05, 4.69) is 55.3 Å². The number of amides is 2. The third-order valence-corrected chi connectivity index (χ3v) is 10.1. The van der Waals surface area contributed by atoms with Crippen molar-refractivity contribution in [1.82, 2.24) is 15.2 Å². The largest absolute Gasteiger partial charge is 0.493 e. The Morgan fingerprint density at radius 3 is 2.10 bits per heavy atom. The summed E-state index contributed by atoms with van der Waals surface area (Å²) in [6.45, 7) is 13.1. The van der Waals surface area contributed by atoms with Gasteiger partial charge in [0, 0.05) is 30.5 Å². The Morgan fingerprint density at radius 1 is 0.898 bits per heavy atom. The van der Waals surface area contributed by atoms with Crippen molar-refractivity contribution in [3.8, 4) is 11.5 Å². The molecule has 49 heavy (non-hydrogen) atoms. The molecule has 0 spiro atoms. The number of piperidine rings is 1. The molecule has 10 heteroatoms. The predicted molar refractivity (Wildman–Crippen MR) is 190 cm³/mol. The van der Waals surface area contributed by atoms with E-state index in [1.165, 1.54) is 5.56 Å². The molecule has 1 saturated heterocycles. The Labute approximate surface area is 291 Å². The number of carbonyl (C=O) groups is 3. The fourth-order valence-corrected chi connectivity index (χ4v) is 7.56. The van der Waals surface area contributed by atoms with Crippen molar-refractivity contribution in [2.75, 3.05) is 27.3 Å². The number of aldehydes is 1. The molecule has 10 nitrogen and oxygen atoms in total. The monoisotopic (exact) mass is 674 g/mol. The van der Waals surface area contributed by atoms with E-state index in [4.69, 9.17) is 19.3 Å². The van der Waals surface area contributed by atoms with Gasteiger partial charge in [0.2, 0.25) is 5.91 Å². The molecular formula is C39H54N4O6. The number of benzene rings is 2. The van der Waals surface area contributed by atoms with Crippen LogP contribution in [0.2, 0.25) is 0 Å². The molecule has 3 aliphatic rings. The van der Waals surface area contributed by atoms with Crippen molar-refractivity contribution in [3.63, 3.8) is 0 Å². The summed E-state index contributed by atoms with van der Waals surface area (Å²) in [6.07, 6.45) is 5.43. The number of hydrogen-bond acceptors (Lipinski definition) is 8. The molecule has 1 unspecified atom stereocenters. The molecule has 0 radical (unpaired) electrons. The maximum absolute atomic E-state index is 14.1. The van der Waals surface area contributed by atoms with Gasteiger partial charge in [0.05, 0.1) is 32.0 Å². The van der Waals surface area contributed by atoms with Crippen LogP contribution in [-0.2, 0) is 19.7 Å². The van der Waals surface area contributed by atoms with Crippen LogP contribution in [-0.4, -0.2) is 78.9 Å². The maximum atomic E-state index is 14.1. The molecule has 266 valence electrons. The summed E-state index contributed by atoms with van der Waals surface area (Å²) in [5.74, 6) is 1.38. The molecule has 2 heterocycles. The van der Waals surface area contributed by atoms with Gasteiger partial charge in [-0.15, -0.1) is 0 Å². The van der Waals surface area contributed by atoms with E-state index in [-0.39, 0.29) is 29.2 Å². The summed E-state index contributed by atoms with van der Waals surface area (Å²) in [4.78, 5) is 41.8. The minimum atomic E-state index is -0.832. The van der Waals surface area contributed by atoms with Crippen molar-refractivity contribution in [3.05, 3.63) is 59.2 Å². The highest BCUT2D eigenvalue weighted by molar-refractivity contribution is 6.07. The van der Waals surface area contributed by atoms with Crippen molar-refractivity contribution in [2.24, 2.45) is 16.9 Å². The smallest absolute Gasteiger partial charge is 0.408 e. The zero-order chi connectivity index (χ0) is 35.5. The molecular weight excluding hydrogens is 620 g/mol. The van der Waals surface area contributed by atoms with Gasteiger partial charge in [0.15, 0.2) is 11.5 Å². The summed E-state index contributed by atoms with van der Waals surface area (Å²) in [5, 5.41) is 9.72. The van der Waals surface area contributed by atoms with Crippen LogP contribution in [0.4, 0.5) is 4.79 Å². The van der Waals surface area contributed by atoms with Gasteiger partial charge in [0.1, 0.15) is 17.9 Å². The second-order valence-corrected chi connectivity index (χ2v) is 15.6. The minimum absolute atomic E-state index is 0.0279. The number of hydrazone groups is 1. The van der Waals surface area contributed by atoms with E-state index in [1.807, 2.05) is 18.2 Å². The SMILES string of the molecule is COc1ccc(C2=NN(C3CCN(C(c4ccc(C(C)(C)C)cc4)[C@H](C=O)NC(=O)OC(C)(C)C)CC3)C(=O)[C@@H]3CCCC[C@H]23)cc1OC. The first-order valence-electron chi connectivity index (χ1n) is 17.7. The fraction of sp³-hybridized carbons (Fsp3) is 0.590. The second-order valence-electron chi connectivity index (χ2n) is 15.6. The summed E-state index contributed by atoms with van der Waals surface area (Å²) in [7, 11) is 3.25. The van der Waals surface area contributed by atoms with Crippen LogP contribution < -0.4 is 14.8 Å². The summed E-state index contributed by atoms with van der Waals surface area (Å²) >= 11 is 0. The van der Waals surface area contributed by atoms with Gasteiger partial charge >= 0.3 is 6.09 Å². The lowest BCUT2D eigenvalue weighted by atomic mass is 9.73. The zero-order valence-corrected chi connectivity index (χ0v) is 30.5. The molecule has 1 saturated carbocycles. The quantitative estimate of drug-likeness (QED) is 0.297. The number of methoxy groups -OCH3 is 2. The topological polar surface area (TPSA) is 110 Å². The van der Waals surface area contributed by atoms with Crippen LogP contribution in [0.25, 0.3) is 0 Å². The number of fused-ring (bicyclic) bond motifs is 1. The van der Waals surface area contributed by atoms with Crippen molar-refractivity contribution < 1.29 is 28.6 Å². The Hall–Kier alpha value is -3.92. The summed E-state index contributed by atoms with van der Waals surface area (Å²) in [5.41, 5.74) is 3.28. The molecule has 0 bridgehead atoms. The van der Waals surface area contributed by atoms with Crippen LogP contribution in [0.3, 0.4) is 0 Å². The number of nitrogens with one attached hydrogen (secondary N) is 1. The predicted octanol–water partition coefficient (Wildman–Crippen LogP) is 6.65. The number of likely N-dealkylation sites (tertiary alicyclic amines) is 1. The Bertz CT molecular complexity index is 1520. The molecule has 2 aliphatic heterocycles. The molecule has 5 rings (SSSR count). The van der Waals surface area contributed by atoms with Crippen LogP contribution in [0, 0.1) is 11.8 Å². The highest BCUT2D eigenvalue weighted by Gasteiger charge is 2.44. The van der Waals surface area contributed by atoms with Crippen molar-refractivity contribution in [1.29, 1.82) is 0 Å². The molecule has 2 fully saturated rings. The molecule has 2 aromatic carbocycles. The Kier molecular flexibility index (Phi) is 11.1. The summed E-state index contributed by atoms with van der Waals surface area (Å²) in [6, 6.07) is 12.9. The lowest BCUT2D eigenvalue weighted by Crippen LogP contribution is -2.55. The number of ether oxygens (including phenoxy) is 3. The molecule has 4 atom stereocenters. The van der Waals surface area contributed by atoms with Crippen LogP contribution in [0.5, 0.6) is 11.5 Å². The highest BCUT2D eigenvalue weighted by Crippen LogP contribution is 2.41. The lowest BCUT2D eigenvalue weighted by Gasteiger charge is -2.45. The Morgan fingerprint density at radius 2 is 1.53 bits per heavy atom. The van der Waals surface area contributed by atoms with Crippen molar-refractivity contribution in [2.45, 2.75) is 109 Å². The van der Waals surface area contributed by atoms with Gasteiger partial charge in [0.25, 0.3) is 0 Å². The number of carbonyl (C=O) groups excluding carboxylic acids is 3. The first kappa shape index (κ1) is 36.4. The van der Waals surface area contributed by atoms with Gasteiger partial charge in [-0.3, -0.25) is 9.69 Å². The van der Waals surface area contributed by atoms with E-state index < -0.39 is 23.8 Å². The molecule has 0 aromatic heterocycles. The van der Waals surface area contributed by atoms with Gasteiger partial charge in [-0.25, -0.2) is 9.80 Å². The number of hydrogen-bond donors (Lipinski definition) is 1.